The van der Waals surface area contributed by atoms with Gasteiger partial charge >= 0.3 is 0 Å². The molecule has 0 atom stereocenters. The molecule has 0 N–H and O–H groups in total. The predicted molar refractivity (Wildman–Crippen MR) is 183 cm³/mol. The van der Waals surface area contributed by atoms with E-state index >= 15 is 0 Å². The minimum Gasteiger partial charge on any atom is -0.438 e. The topological polar surface area (TPSA) is 29.3 Å². The Hall–Kier alpha value is -5.93. The highest BCUT2D eigenvalue weighted by Gasteiger charge is 2.15. The zero-order valence-electron chi connectivity index (χ0n) is 24.0. The van der Waals surface area contributed by atoms with Crippen LogP contribution >= 0.6 is 0 Å². The van der Waals surface area contributed by atoms with E-state index < -0.39 is 0 Å². The molecule has 0 radical (unpaired) electrons. The molecule has 0 amide bonds. The van der Waals surface area contributed by atoms with Crippen LogP contribution in [-0.2, 0) is 0 Å². The summed E-state index contributed by atoms with van der Waals surface area (Å²) in [6.45, 7) is 0. The first kappa shape index (κ1) is 25.8. The van der Waals surface area contributed by atoms with Gasteiger partial charge in [0.15, 0.2) is 0 Å². The first-order chi connectivity index (χ1) is 21.8. The van der Waals surface area contributed by atoms with Gasteiger partial charge in [-0.1, -0.05) is 115 Å². The van der Waals surface area contributed by atoms with Crippen molar-refractivity contribution < 1.29 is 4.42 Å². The second-order valence-electron chi connectivity index (χ2n) is 10.9. The van der Waals surface area contributed by atoms with E-state index in [9.17, 15) is 0 Å². The molecule has 0 fully saturated rings. The molecule has 2 aromatic heterocycles. The van der Waals surface area contributed by atoms with Crippen LogP contribution in [0.3, 0.4) is 0 Å². The molecule has 8 aromatic rings. The third-order valence-corrected chi connectivity index (χ3v) is 8.16. The smallest absolute Gasteiger partial charge is 0.227 e. The number of nitrogens with zero attached hydrogens (tertiary/aromatic N) is 2. The molecule has 2 heterocycles. The lowest BCUT2D eigenvalue weighted by molar-refractivity contribution is 0.654. The lowest BCUT2D eigenvalue weighted by Crippen LogP contribution is -2.09. The second-order valence-corrected chi connectivity index (χ2v) is 10.9. The Morgan fingerprint density at radius 1 is 0.386 bits per heavy atom. The zero-order chi connectivity index (χ0) is 29.3. The number of hydrogen-bond donors (Lipinski definition) is 0. The van der Waals surface area contributed by atoms with Crippen molar-refractivity contribution in [2.24, 2.45) is 0 Å². The van der Waals surface area contributed by atoms with E-state index in [4.69, 9.17) is 4.42 Å². The molecule has 3 heteroatoms. The maximum atomic E-state index is 5.95. The quantitative estimate of drug-likeness (QED) is 0.201. The molecule has 0 unspecified atom stereocenters. The van der Waals surface area contributed by atoms with E-state index in [1.54, 1.807) is 0 Å². The van der Waals surface area contributed by atoms with Crippen molar-refractivity contribution in [3.8, 4) is 33.4 Å². The molecule has 44 heavy (non-hydrogen) atoms. The summed E-state index contributed by atoms with van der Waals surface area (Å²) in [5.74, 6) is 0. The fraction of sp³-hybridized carbons (Fsp3) is 0. The van der Waals surface area contributed by atoms with E-state index in [1.165, 1.54) is 22.3 Å². The van der Waals surface area contributed by atoms with Crippen molar-refractivity contribution in [1.82, 2.24) is 4.98 Å². The Kier molecular flexibility index (Phi) is 6.47. The van der Waals surface area contributed by atoms with Crippen molar-refractivity contribution in [2.75, 3.05) is 4.90 Å². The predicted octanol–water partition coefficient (Wildman–Crippen LogP) is 11.5. The molecule has 0 saturated carbocycles. The number of rotatable bonds is 6. The Bertz CT molecular complexity index is 2100. The number of anilines is 3. The summed E-state index contributed by atoms with van der Waals surface area (Å²) >= 11 is 0. The van der Waals surface area contributed by atoms with Crippen LogP contribution in [0.5, 0.6) is 0 Å². The molecule has 0 bridgehead atoms. The standard InChI is InChI=1S/C41H28N2O/c1-3-9-29(10-4-1)31-15-21-35(22-16-31)43(36-23-17-32(18-24-36)30-11-5-2-6-12-30)37-25-19-33(20-26-37)34-27-39-38-13-7-8-14-40(38)44-41(39)42-28-34/h1-28H. The molecule has 3 nitrogen and oxygen atoms in total. The van der Waals surface area contributed by atoms with Gasteiger partial charge in [0.2, 0.25) is 5.71 Å². The van der Waals surface area contributed by atoms with Crippen LogP contribution in [0.4, 0.5) is 17.1 Å². The number of para-hydroxylation sites is 1. The summed E-state index contributed by atoms with van der Waals surface area (Å²) in [5, 5.41) is 2.11. The summed E-state index contributed by atoms with van der Waals surface area (Å²) in [5.41, 5.74) is 11.8. The molecule has 0 spiro atoms. The van der Waals surface area contributed by atoms with Gasteiger partial charge in [-0.3, -0.25) is 0 Å². The fourth-order valence-corrected chi connectivity index (χ4v) is 5.88. The van der Waals surface area contributed by atoms with Crippen LogP contribution in [0.15, 0.2) is 174 Å². The normalized spacial score (nSPS) is 11.2. The third kappa shape index (κ3) is 4.81. The molecule has 0 aliphatic heterocycles. The van der Waals surface area contributed by atoms with Crippen molar-refractivity contribution >= 4 is 39.1 Å². The van der Waals surface area contributed by atoms with Gasteiger partial charge in [0.05, 0.1) is 0 Å². The zero-order valence-corrected chi connectivity index (χ0v) is 24.0. The second kappa shape index (κ2) is 11.0. The van der Waals surface area contributed by atoms with Gasteiger partial charge < -0.3 is 9.32 Å². The average molecular weight is 565 g/mol. The molecule has 0 aliphatic rings. The number of benzene rings is 6. The highest BCUT2D eigenvalue weighted by Crippen LogP contribution is 2.38. The van der Waals surface area contributed by atoms with E-state index in [2.05, 4.69) is 143 Å². The van der Waals surface area contributed by atoms with Gasteiger partial charge in [-0.15, -0.1) is 0 Å². The molecule has 6 aromatic carbocycles. The minimum atomic E-state index is 0.663. The number of hydrogen-bond acceptors (Lipinski definition) is 3. The minimum absolute atomic E-state index is 0.663. The maximum absolute atomic E-state index is 5.95. The van der Waals surface area contributed by atoms with Crippen LogP contribution in [0.25, 0.3) is 55.4 Å². The average Bonchev–Trinajstić information content (AvgIpc) is 3.48. The molecular weight excluding hydrogens is 536 g/mol. The number of fused-ring (bicyclic) bond motifs is 3. The van der Waals surface area contributed by atoms with E-state index in [0.29, 0.717) is 5.71 Å². The Balaban J connectivity index is 1.17. The van der Waals surface area contributed by atoms with Crippen LogP contribution in [-0.4, -0.2) is 4.98 Å². The van der Waals surface area contributed by atoms with Crippen molar-refractivity contribution in [3.05, 3.63) is 170 Å². The highest BCUT2D eigenvalue weighted by atomic mass is 16.3. The Labute approximate surface area is 256 Å². The Morgan fingerprint density at radius 3 is 1.34 bits per heavy atom. The fourth-order valence-electron chi connectivity index (χ4n) is 5.88. The third-order valence-electron chi connectivity index (χ3n) is 8.16. The highest BCUT2D eigenvalue weighted by molar-refractivity contribution is 6.04. The number of pyridine rings is 1. The van der Waals surface area contributed by atoms with Crippen molar-refractivity contribution in [1.29, 1.82) is 0 Å². The van der Waals surface area contributed by atoms with Crippen LogP contribution < -0.4 is 4.90 Å². The van der Waals surface area contributed by atoms with Crippen LogP contribution in [0, 0.1) is 0 Å². The van der Waals surface area contributed by atoms with Gasteiger partial charge in [-0.25, -0.2) is 4.98 Å². The summed E-state index contributed by atoms with van der Waals surface area (Å²) in [4.78, 5) is 6.94. The SMILES string of the molecule is c1ccc(-c2ccc(N(c3ccc(-c4ccccc4)cc3)c3ccc(-c4cnc5oc6ccccc6c5c4)cc3)cc2)cc1. The number of aromatic nitrogens is 1. The molecule has 0 saturated heterocycles. The molecule has 8 rings (SSSR count). The molecule has 208 valence electrons. The largest absolute Gasteiger partial charge is 0.438 e. The van der Waals surface area contributed by atoms with Gasteiger partial charge in [0.25, 0.3) is 0 Å². The summed E-state index contributed by atoms with van der Waals surface area (Å²) in [7, 11) is 0. The molecular formula is C41H28N2O. The van der Waals surface area contributed by atoms with Gasteiger partial charge in [-0.05, 0) is 76.3 Å². The van der Waals surface area contributed by atoms with E-state index in [-0.39, 0.29) is 0 Å². The first-order valence-electron chi connectivity index (χ1n) is 14.8. The van der Waals surface area contributed by atoms with Crippen LogP contribution in [0.1, 0.15) is 0 Å². The van der Waals surface area contributed by atoms with Gasteiger partial charge in [0.1, 0.15) is 5.58 Å². The monoisotopic (exact) mass is 564 g/mol. The summed E-state index contributed by atoms with van der Waals surface area (Å²) in [6, 6.07) is 57.5. The van der Waals surface area contributed by atoms with Crippen LogP contribution in [0.2, 0.25) is 0 Å². The lowest BCUT2D eigenvalue weighted by Gasteiger charge is -2.26. The number of furan rings is 1. The lowest BCUT2D eigenvalue weighted by atomic mass is 10.0. The maximum Gasteiger partial charge on any atom is 0.227 e. The van der Waals surface area contributed by atoms with Gasteiger partial charge in [-0.2, -0.15) is 0 Å². The van der Waals surface area contributed by atoms with Crippen molar-refractivity contribution in [3.63, 3.8) is 0 Å². The van der Waals surface area contributed by atoms with E-state index in [0.717, 1.165) is 44.5 Å². The Morgan fingerprint density at radius 2 is 0.818 bits per heavy atom. The summed E-state index contributed by atoms with van der Waals surface area (Å²) < 4.78 is 5.95. The van der Waals surface area contributed by atoms with E-state index in [1.807, 2.05) is 36.5 Å². The summed E-state index contributed by atoms with van der Waals surface area (Å²) in [6.07, 6.45) is 1.89. The molecule has 0 aliphatic carbocycles. The first-order valence-corrected chi connectivity index (χ1v) is 14.8. The van der Waals surface area contributed by atoms with Gasteiger partial charge in [0, 0.05) is 39.6 Å². The van der Waals surface area contributed by atoms with Crippen molar-refractivity contribution in [2.45, 2.75) is 0 Å².